The van der Waals surface area contributed by atoms with Crippen LogP contribution >= 0.6 is 0 Å². The minimum Gasteiger partial charge on any atom is -0.481 e. The van der Waals surface area contributed by atoms with Gasteiger partial charge in [0.2, 0.25) is 0 Å². The molecule has 106 valence electrons. The lowest BCUT2D eigenvalue weighted by Crippen LogP contribution is -2.42. The fraction of sp³-hybridized carbons (Fsp3) is 0.385. The number of piperidine rings is 1. The van der Waals surface area contributed by atoms with Gasteiger partial charge in [0.05, 0.1) is 10.8 Å². The molecular formula is C13H14N2O5. The normalized spacial score (nSPS) is 18.6. The lowest BCUT2D eigenvalue weighted by atomic mass is 9.97. The second-order valence-electron chi connectivity index (χ2n) is 4.70. The Kier molecular flexibility index (Phi) is 3.97. The molecule has 1 aromatic rings. The largest absolute Gasteiger partial charge is 0.481 e. The molecule has 1 saturated heterocycles. The number of carboxylic acid groups (broad SMARTS) is 1. The van der Waals surface area contributed by atoms with Crippen LogP contribution in [-0.2, 0) is 4.79 Å². The summed E-state index contributed by atoms with van der Waals surface area (Å²) in [5.41, 5.74) is -0.251. The van der Waals surface area contributed by atoms with E-state index in [2.05, 4.69) is 0 Å². The highest BCUT2D eigenvalue weighted by atomic mass is 16.6. The third-order valence-corrected chi connectivity index (χ3v) is 3.39. The third-order valence-electron chi connectivity index (χ3n) is 3.39. The van der Waals surface area contributed by atoms with E-state index < -0.39 is 22.7 Å². The molecule has 1 amide bonds. The van der Waals surface area contributed by atoms with Crippen molar-refractivity contribution in [2.45, 2.75) is 12.8 Å². The molecular weight excluding hydrogens is 264 g/mol. The van der Waals surface area contributed by atoms with Crippen LogP contribution in [0.5, 0.6) is 0 Å². The predicted molar refractivity (Wildman–Crippen MR) is 69.4 cm³/mol. The van der Waals surface area contributed by atoms with E-state index in [1.54, 1.807) is 6.07 Å². The van der Waals surface area contributed by atoms with E-state index in [0.717, 1.165) is 0 Å². The molecule has 1 aromatic carbocycles. The zero-order valence-electron chi connectivity index (χ0n) is 10.7. The summed E-state index contributed by atoms with van der Waals surface area (Å²) in [6.45, 7) is 0.523. The average Bonchev–Trinajstić information content (AvgIpc) is 2.46. The van der Waals surface area contributed by atoms with Gasteiger partial charge in [-0.25, -0.2) is 0 Å². The molecule has 20 heavy (non-hydrogen) atoms. The van der Waals surface area contributed by atoms with E-state index in [9.17, 15) is 19.7 Å². The first kappa shape index (κ1) is 14.0. The number of carboxylic acids is 1. The quantitative estimate of drug-likeness (QED) is 0.667. The number of amides is 1. The highest BCUT2D eigenvalue weighted by molar-refractivity contribution is 5.98. The highest BCUT2D eigenvalue weighted by Crippen LogP contribution is 2.23. The van der Waals surface area contributed by atoms with Crippen LogP contribution in [0, 0.1) is 16.0 Å². The zero-order valence-corrected chi connectivity index (χ0v) is 10.7. The molecule has 0 spiro atoms. The first-order chi connectivity index (χ1) is 9.50. The van der Waals surface area contributed by atoms with E-state index in [0.29, 0.717) is 19.4 Å². The average molecular weight is 278 g/mol. The van der Waals surface area contributed by atoms with Crippen molar-refractivity contribution in [2.75, 3.05) is 13.1 Å². The summed E-state index contributed by atoms with van der Waals surface area (Å²) in [6.07, 6.45) is 1.11. The molecule has 1 aliphatic heterocycles. The summed E-state index contributed by atoms with van der Waals surface area (Å²) in [7, 11) is 0. The number of nitro benzene ring substituents is 1. The van der Waals surface area contributed by atoms with Gasteiger partial charge in [-0.2, -0.15) is 0 Å². The Morgan fingerprint density at radius 1 is 1.35 bits per heavy atom. The van der Waals surface area contributed by atoms with Gasteiger partial charge < -0.3 is 10.0 Å². The van der Waals surface area contributed by atoms with Crippen molar-refractivity contribution in [3.8, 4) is 0 Å². The molecule has 0 saturated carbocycles. The first-order valence-corrected chi connectivity index (χ1v) is 6.26. The molecule has 1 fully saturated rings. The summed E-state index contributed by atoms with van der Waals surface area (Å²) in [4.78, 5) is 35.0. The van der Waals surface area contributed by atoms with Crippen LogP contribution < -0.4 is 0 Å². The van der Waals surface area contributed by atoms with Gasteiger partial charge in [0.25, 0.3) is 11.6 Å². The van der Waals surface area contributed by atoms with Gasteiger partial charge in [0.1, 0.15) is 5.56 Å². The van der Waals surface area contributed by atoms with Crippen molar-refractivity contribution in [1.82, 2.24) is 4.90 Å². The first-order valence-electron chi connectivity index (χ1n) is 6.26. The van der Waals surface area contributed by atoms with Gasteiger partial charge in [-0.05, 0) is 18.9 Å². The van der Waals surface area contributed by atoms with Crippen LogP contribution in [0.2, 0.25) is 0 Å². The number of carbonyl (C=O) groups excluding carboxylic acids is 1. The summed E-state index contributed by atoms with van der Waals surface area (Å²) >= 11 is 0. The monoisotopic (exact) mass is 278 g/mol. The predicted octanol–water partition coefficient (Wildman–Crippen LogP) is 1.53. The van der Waals surface area contributed by atoms with Gasteiger partial charge in [0, 0.05) is 19.2 Å². The van der Waals surface area contributed by atoms with E-state index in [-0.39, 0.29) is 17.8 Å². The molecule has 1 aliphatic rings. The number of aliphatic carboxylic acids is 1. The maximum Gasteiger partial charge on any atom is 0.308 e. The van der Waals surface area contributed by atoms with Gasteiger partial charge >= 0.3 is 5.97 Å². The fourth-order valence-corrected chi connectivity index (χ4v) is 2.35. The lowest BCUT2D eigenvalue weighted by Gasteiger charge is -2.30. The second kappa shape index (κ2) is 5.68. The van der Waals surface area contributed by atoms with Crippen molar-refractivity contribution >= 4 is 17.6 Å². The number of benzene rings is 1. The Bertz CT molecular complexity index is 557. The number of rotatable bonds is 3. The molecule has 0 aromatic heterocycles. The summed E-state index contributed by atoms with van der Waals surface area (Å²) in [5.74, 6) is -2.02. The van der Waals surface area contributed by atoms with Gasteiger partial charge in [-0.3, -0.25) is 19.7 Å². The smallest absolute Gasteiger partial charge is 0.308 e. The molecule has 1 unspecified atom stereocenters. The zero-order chi connectivity index (χ0) is 14.7. The summed E-state index contributed by atoms with van der Waals surface area (Å²) < 4.78 is 0. The third kappa shape index (κ3) is 2.76. The lowest BCUT2D eigenvalue weighted by molar-refractivity contribution is -0.385. The highest BCUT2D eigenvalue weighted by Gasteiger charge is 2.31. The molecule has 1 heterocycles. The Labute approximate surface area is 115 Å². The van der Waals surface area contributed by atoms with E-state index in [1.165, 1.54) is 23.1 Å². The van der Waals surface area contributed by atoms with Crippen molar-refractivity contribution in [3.63, 3.8) is 0 Å². The number of carbonyl (C=O) groups is 2. The topological polar surface area (TPSA) is 101 Å². The molecule has 0 radical (unpaired) electrons. The number of nitro groups is 1. The molecule has 7 nitrogen and oxygen atoms in total. The summed E-state index contributed by atoms with van der Waals surface area (Å²) in [6, 6.07) is 5.71. The Morgan fingerprint density at radius 3 is 2.70 bits per heavy atom. The Morgan fingerprint density at radius 2 is 2.05 bits per heavy atom. The van der Waals surface area contributed by atoms with Crippen LogP contribution in [0.4, 0.5) is 5.69 Å². The van der Waals surface area contributed by atoms with Crippen molar-refractivity contribution in [2.24, 2.45) is 5.92 Å². The van der Waals surface area contributed by atoms with Crippen molar-refractivity contribution in [1.29, 1.82) is 0 Å². The molecule has 2 rings (SSSR count). The molecule has 0 bridgehead atoms. The molecule has 1 N–H and O–H groups in total. The van der Waals surface area contributed by atoms with Crippen molar-refractivity contribution < 1.29 is 19.6 Å². The van der Waals surface area contributed by atoms with E-state index in [4.69, 9.17) is 5.11 Å². The van der Waals surface area contributed by atoms with Gasteiger partial charge in [0.15, 0.2) is 0 Å². The minimum absolute atomic E-state index is 0.00328. The van der Waals surface area contributed by atoms with E-state index in [1.807, 2.05) is 0 Å². The number of likely N-dealkylation sites (tertiary alicyclic amines) is 1. The van der Waals surface area contributed by atoms with Crippen LogP contribution in [0.25, 0.3) is 0 Å². The SMILES string of the molecule is O=C(O)C1CCCN(C(=O)c2ccccc2[N+](=O)[O-])C1. The summed E-state index contributed by atoms with van der Waals surface area (Å²) in [5, 5.41) is 19.9. The molecule has 7 heteroatoms. The van der Waals surface area contributed by atoms with Gasteiger partial charge in [-0.1, -0.05) is 12.1 Å². The number of hydrogen-bond donors (Lipinski definition) is 1. The Balaban J connectivity index is 2.23. The number of para-hydroxylation sites is 1. The standard InChI is InChI=1S/C13H14N2O5/c16-12(10-5-1-2-6-11(10)15(19)20)14-7-3-4-9(8-14)13(17)18/h1-2,5-6,9H,3-4,7-8H2,(H,17,18). The van der Waals surface area contributed by atoms with Crippen LogP contribution in [0.15, 0.2) is 24.3 Å². The minimum atomic E-state index is -0.940. The number of nitrogens with zero attached hydrogens (tertiary/aromatic N) is 2. The maximum atomic E-state index is 12.3. The van der Waals surface area contributed by atoms with Crippen LogP contribution in [0.3, 0.4) is 0 Å². The second-order valence-corrected chi connectivity index (χ2v) is 4.70. The molecule has 1 atom stereocenters. The Hall–Kier alpha value is -2.44. The fourth-order valence-electron chi connectivity index (χ4n) is 2.35. The van der Waals surface area contributed by atoms with Gasteiger partial charge in [-0.15, -0.1) is 0 Å². The maximum absolute atomic E-state index is 12.3. The molecule has 0 aliphatic carbocycles. The van der Waals surface area contributed by atoms with Crippen LogP contribution in [-0.4, -0.2) is 39.9 Å². The van der Waals surface area contributed by atoms with Crippen LogP contribution in [0.1, 0.15) is 23.2 Å². The van der Waals surface area contributed by atoms with E-state index >= 15 is 0 Å². The van der Waals surface area contributed by atoms with Crippen molar-refractivity contribution in [3.05, 3.63) is 39.9 Å². The number of hydrogen-bond acceptors (Lipinski definition) is 4.